The normalized spacial score (nSPS) is 12.0. The molecular weight excluding hydrogens is 435 g/mol. The van der Waals surface area contributed by atoms with Crippen LogP contribution in [0, 0.1) is 5.82 Å². The van der Waals surface area contributed by atoms with E-state index in [0.717, 1.165) is 0 Å². The van der Waals surface area contributed by atoms with Crippen LogP contribution in [0.3, 0.4) is 0 Å². The van der Waals surface area contributed by atoms with Crippen molar-refractivity contribution in [2.24, 2.45) is 0 Å². The summed E-state index contributed by atoms with van der Waals surface area (Å²) < 4.78 is 52.0. The summed E-state index contributed by atoms with van der Waals surface area (Å²) in [7, 11) is -2.29. The number of methoxy groups -OCH3 is 1. The van der Waals surface area contributed by atoms with Gasteiger partial charge < -0.3 is 14.8 Å². The van der Waals surface area contributed by atoms with Gasteiger partial charge in [-0.15, -0.1) is 0 Å². The lowest BCUT2D eigenvalue weighted by Crippen LogP contribution is -2.32. The molecule has 0 bridgehead atoms. The molecule has 0 fully saturated rings. The molecule has 0 saturated heterocycles. The van der Waals surface area contributed by atoms with Crippen molar-refractivity contribution >= 4 is 27.3 Å². The molecule has 0 aliphatic carbocycles. The summed E-state index contributed by atoms with van der Waals surface area (Å²) >= 11 is 0. The summed E-state index contributed by atoms with van der Waals surface area (Å²) in [5.74, 6) is -0.432. The van der Waals surface area contributed by atoms with Crippen molar-refractivity contribution in [1.82, 2.24) is 0 Å². The van der Waals surface area contributed by atoms with Crippen molar-refractivity contribution < 1.29 is 27.1 Å². The van der Waals surface area contributed by atoms with Gasteiger partial charge in [0.1, 0.15) is 5.75 Å². The number of carbonyl (C=O) groups is 1. The quantitative estimate of drug-likeness (QED) is 0.495. The minimum Gasteiger partial charge on any atom is -0.497 e. The Morgan fingerprint density at radius 2 is 1.59 bits per heavy atom. The summed E-state index contributed by atoms with van der Waals surface area (Å²) in [6.07, 6.45) is -0.592. The van der Waals surface area contributed by atoms with Crippen LogP contribution in [0.15, 0.2) is 77.7 Å². The van der Waals surface area contributed by atoms with E-state index in [-0.39, 0.29) is 10.6 Å². The summed E-state index contributed by atoms with van der Waals surface area (Å²) in [6.45, 7) is 1.74. The van der Waals surface area contributed by atoms with Gasteiger partial charge in [-0.25, -0.2) is 12.8 Å². The van der Waals surface area contributed by atoms with Gasteiger partial charge in [0.15, 0.2) is 17.7 Å². The number of hydrogen-bond acceptors (Lipinski definition) is 5. The zero-order chi connectivity index (χ0) is 23.1. The van der Waals surface area contributed by atoms with Crippen LogP contribution >= 0.6 is 0 Å². The van der Waals surface area contributed by atoms with E-state index in [1.54, 1.807) is 37.3 Å². The zero-order valence-electron chi connectivity index (χ0n) is 17.5. The van der Waals surface area contributed by atoms with E-state index >= 15 is 0 Å². The predicted octanol–water partition coefficient (Wildman–Crippen LogP) is 4.43. The lowest BCUT2D eigenvalue weighted by atomic mass is 10.2. The molecule has 3 rings (SSSR count). The minimum absolute atomic E-state index is 0.0134. The Balaban J connectivity index is 1.66. The molecule has 0 unspecified atom stereocenters. The predicted molar refractivity (Wildman–Crippen MR) is 120 cm³/mol. The fourth-order valence-corrected chi connectivity index (χ4v) is 3.89. The molecule has 0 saturated carbocycles. The van der Waals surface area contributed by atoms with Crippen molar-refractivity contribution in [3.63, 3.8) is 0 Å². The highest BCUT2D eigenvalue weighted by Gasteiger charge is 2.20. The molecule has 0 heterocycles. The van der Waals surface area contributed by atoms with Gasteiger partial charge in [-0.2, -0.15) is 0 Å². The number of hydrogen-bond donors (Lipinski definition) is 2. The Kier molecular flexibility index (Phi) is 7.32. The van der Waals surface area contributed by atoms with E-state index in [0.29, 0.717) is 23.5 Å². The molecule has 1 amide bonds. The molecule has 9 heteroatoms. The third-order valence-corrected chi connectivity index (χ3v) is 5.94. The molecule has 0 radical (unpaired) electrons. The monoisotopic (exact) mass is 458 g/mol. The lowest BCUT2D eigenvalue weighted by Gasteiger charge is -2.17. The van der Waals surface area contributed by atoms with Gasteiger partial charge in [0.05, 0.1) is 12.0 Å². The maximum Gasteiger partial charge on any atom is 0.265 e. The highest BCUT2D eigenvalue weighted by Crippen LogP contribution is 2.22. The average molecular weight is 459 g/mol. The van der Waals surface area contributed by atoms with E-state index in [1.807, 2.05) is 0 Å². The maximum absolute atomic E-state index is 13.8. The van der Waals surface area contributed by atoms with Crippen LogP contribution in [-0.4, -0.2) is 27.5 Å². The Morgan fingerprint density at radius 1 is 0.969 bits per heavy atom. The SMILES string of the molecule is CC[C@@H](Oc1ccccc1F)C(=O)Nc1ccc(S(=O)(=O)Nc2ccc(OC)cc2)cc1. The van der Waals surface area contributed by atoms with Crippen molar-refractivity contribution in [2.75, 3.05) is 17.1 Å². The van der Waals surface area contributed by atoms with Gasteiger partial charge in [-0.1, -0.05) is 19.1 Å². The second kappa shape index (κ2) is 10.1. The molecule has 2 N–H and O–H groups in total. The van der Waals surface area contributed by atoms with E-state index < -0.39 is 27.9 Å². The molecule has 1 atom stereocenters. The van der Waals surface area contributed by atoms with Crippen LogP contribution in [0.25, 0.3) is 0 Å². The highest BCUT2D eigenvalue weighted by atomic mass is 32.2. The fraction of sp³-hybridized carbons (Fsp3) is 0.174. The Morgan fingerprint density at radius 3 is 2.19 bits per heavy atom. The van der Waals surface area contributed by atoms with Crippen LogP contribution in [0.2, 0.25) is 0 Å². The lowest BCUT2D eigenvalue weighted by molar-refractivity contribution is -0.122. The van der Waals surface area contributed by atoms with E-state index in [2.05, 4.69) is 10.0 Å². The van der Waals surface area contributed by atoms with Crippen molar-refractivity contribution in [3.05, 3.63) is 78.6 Å². The maximum atomic E-state index is 13.8. The number of anilines is 2. The van der Waals surface area contributed by atoms with E-state index in [4.69, 9.17) is 9.47 Å². The first-order chi connectivity index (χ1) is 15.3. The third kappa shape index (κ3) is 5.76. The number of amides is 1. The average Bonchev–Trinajstić information content (AvgIpc) is 2.79. The molecule has 3 aromatic carbocycles. The largest absolute Gasteiger partial charge is 0.497 e. The van der Waals surface area contributed by atoms with E-state index in [9.17, 15) is 17.6 Å². The second-order valence-electron chi connectivity index (χ2n) is 6.79. The fourth-order valence-electron chi connectivity index (χ4n) is 2.83. The Hall–Kier alpha value is -3.59. The summed E-state index contributed by atoms with van der Waals surface area (Å²) in [5, 5.41) is 2.66. The molecule has 168 valence electrons. The topological polar surface area (TPSA) is 93.7 Å². The van der Waals surface area contributed by atoms with Crippen LogP contribution in [0.5, 0.6) is 11.5 Å². The van der Waals surface area contributed by atoms with Gasteiger partial charge >= 0.3 is 0 Å². The van der Waals surface area contributed by atoms with Gasteiger partial charge in [0, 0.05) is 11.4 Å². The Labute approximate surface area is 186 Å². The van der Waals surface area contributed by atoms with Gasteiger partial charge in [-0.3, -0.25) is 9.52 Å². The number of ether oxygens (including phenoxy) is 2. The van der Waals surface area contributed by atoms with Crippen LogP contribution in [-0.2, 0) is 14.8 Å². The van der Waals surface area contributed by atoms with Crippen LogP contribution in [0.1, 0.15) is 13.3 Å². The van der Waals surface area contributed by atoms with Crippen molar-refractivity contribution in [1.29, 1.82) is 0 Å². The smallest absolute Gasteiger partial charge is 0.265 e. The Bertz CT molecular complexity index is 1170. The van der Waals surface area contributed by atoms with Gasteiger partial charge in [-0.05, 0) is 67.1 Å². The van der Waals surface area contributed by atoms with Crippen molar-refractivity contribution in [3.8, 4) is 11.5 Å². The molecule has 0 aromatic heterocycles. The molecule has 32 heavy (non-hydrogen) atoms. The first-order valence-electron chi connectivity index (χ1n) is 9.81. The first kappa shape index (κ1) is 23.1. The van der Waals surface area contributed by atoms with E-state index in [1.165, 1.54) is 49.6 Å². The molecule has 3 aromatic rings. The number of carbonyl (C=O) groups excluding carboxylic acids is 1. The van der Waals surface area contributed by atoms with Crippen LogP contribution in [0.4, 0.5) is 15.8 Å². The number of sulfonamides is 1. The zero-order valence-corrected chi connectivity index (χ0v) is 18.4. The minimum atomic E-state index is -3.81. The van der Waals surface area contributed by atoms with Crippen molar-refractivity contribution in [2.45, 2.75) is 24.3 Å². The standard InChI is InChI=1S/C23H23FN2O5S/c1-3-21(31-22-7-5-4-6-20(22)24)23(27)25-16-10-14-19(15-11-16)32(28,29)26-17-8-12-18(30-2)13-9-17/h4-15,21,26H,3H2,1-2H3,(H,25,27)/t21-/m1/s1. The second-order valence-corrected chi connectivity index (χ2v) is 8.48. The van der Waals surface area contributed by atoms with Gasteiger partial charge in [0.2, 0.25) is 0 Å². The summed E-state index contributed by atoms with van der Waals surface area (Å²) in [5.41, 5.74) is 0.772. The first-order valence-corrected chi connectivity index (χ1v) is 11.3. The number of halogens is 1. The molecule has 0 aliphatic heterocycles. The molecule has 7 nitrogen and oxygen atoms in total. The molecular formula is C23H23FN2O5S. The molecule has 0 aliphatic rings. The number of rotatable bonds is 9. The highest BCUT2D eigenvalue weighted by molar-refractivity contribution is 7.92. The third-order valence-electron chi connectivity index (χ3n) is 4.54. The molecule has 0 spiro atoms. The van der Waals surface area contributed by atoms with Crippen LogP contribution < -0.4 is 19.5 Å². The summed E-state index contributed by atoms with van der Waals surface area (Å²) in [4.78, 5) is 12.6. The van der Waals surface area contributed by atoms with Gasteiger partial charge in [0.25, 0.3) is 15.9 Å². The number of nitrogens with one attached hydrogen (secondary N) is 2. The summed E-state index contributed by atoms with van der Waals surface area (Å²) in [6, 6.07) is 18.0. The number of para-hydroxylation sites is 1. The number of benzene rings is 3.